The molecule has 0 saturated carbocycles. The van der Waals surface area contributed by atoms with Gasteiger partial charge in [0.05, 0.1) is 0 Å². The van der Waals surface area contributed by atoms with Crippen LogP contribution in [0.15, 0.2) is 24.3 Å². The van der Waals surface area contributed by atoms with Crippen molar-refractivity contribution in [3.05, 3.63) is 29.8 Å². The minimum absolute atomic E-state index is 0. The molecule has 0 aromatic heterocycles. The van der Waals surface area contributed by atoms with E-state index < -0.39 is 0 Å². The molecule has 1 saturated heterocycles. The maximum Gasteiger partial charge on any atom is 0.0447 e. The van der Waals surface area contributed by atoms with Crippen LogP contribution in [-0.2, 0) is 0 Å². The molecule has 3 nitrogen and oxygen atoms in total. The number of piperazine rings is 1. The molecule has 2 N–H and O–H groups in total. The molecule has 1 aromatic carbocycles. The summed E-state index contributed by atoms with van der Waals surface area (Å²) in [6, 6.07) is 9.43. The molecule has 0 bridgehead atoms. The highest BCUT2D eigenvalue weighted by Crippen LogP contribution is 2.19. The van der Waals surface area contributed by atoms with Crippen LogP contribution in [0.1, 0.15) is 25.5 Å². The van der Waals surface area contributed by atoms with Crippen LogP contribution < -0.4 is 15.5 Å². The summed E-state index contributed by atoms with van der Waals surface area (Å²) in [4.78, 5) is 2.37. The highest BCUT2D eigenvalue weighted by molar-refractivity contribution is 5.85. The first-order valence-corrected chi connectivity index (χ1v) is 6.64. The van der Waals surface area contributed by atoms with Gasteiger partial charge < -0.3 is 15.5 Å². The van der Waals surface area contributed by atoms with E-state index in [-0.39, 0.29) is 12.4 Å². The van der Waals surface area contributed by atoms with E-state index in [9.17, 15) is 0 Å². The molecule has 0 aliphatic carbocycles. The lowest BCUT2D eigenvalue weighted by atomic mass is 10.0. The standard InChI is InChI=1S/C14H23N3.ClH/c1-3-17(4-2)13-7-5-12(6-8-13)14-11-15-9-10-16-14;/h5-8,14-16H,3-4,9-11H2,1-2H3;1H/t14-;/m1./s1. The summed E-state index contributed by atoms with van der Waals surface area (Å²) in [5.74, 6) is 0. The van der Waals surface area contributed by atoms with Crippen molar-refractivity contribution < 1.29 is 0 Å². The lowest BCUT2D eigenvalue weighted by Crippen LogP contribution is -2.42. The van der Waals surface area contributed by atoms with Gasteiger partial charge in [-0.05, 0) is 31.5 Å². The monoisotopic (exact) mass is 269 g/mol. The van der Waals surface area contributed by atoms with Gasteiger partial charge in [-0.25, -0.2) is 0 Å². The molecule has 1 aliphatic heterocycles. The van der Waals surface area contributed by atoms with Gasteiger partial charge in [-0.3, -0.25) is 0 Å². The Bertz CT molecular complexity index is 329. The normalized spacial score (nSPS) is 19.1. The third-order valence-electron chi connectivity index (χ3n) is 3.47. The van der Waals surface area contributed by atoms with Crippen LogP contribution in [0.3, 0.4) is 0 Å². The number of rotatable bonds is 4. The van der Waals surface area contributed by atoms with E-state index in [4.69, 9.17) is 0 Å². The molecule has 18 heavy (non-hydrogen) atoms. The molecule has 1 atom stereocenters. The fraction of sp³-hybridized carbons (Fsp3) is 0.571. The second-order valence-electron chi connectivity index (χ2n) is 4.47. The molecule has 0 spiro atoms. The van der Waals surface area contributed by atoms with Gasteiger partial charge in [-0.2, -0.15) is 0 Å². The Kier molecular flexibility index (Phi) is 6.47. The molecule has 2 rings (SSSR count). The predicted molar refractivity (Wildman–Crippen MR) is 80.9 cm³/mol. The van der Waals surface area contributed by atoms with E-state index in [1.165, 1.54) is 11.3 Å². The zero-order chi connectivity index (χ0) is 12.1. The summed E-state index contributed by atoms with van der Waals surface area (Å²) in [6.07, 6.45) is 0. The van der Waals surface area contributed by atoms with Crippen LogP contribution in [0, 0.1) is 0 Å². The van der Waals surface area contributed by atoms with Gasteiger partial charge in [0.15, 0.2) is 0 Å². The molecule has 102 valence electrons. The second-order valence-corrected chi connectivity index (χ2v) is 4.47. The summed E-state index contributed by atoms with van der Waals surface area (Å²) in [5, 5.41) is 6.96. The Hall–Kier alpha value is -0.770. The Labute approximate surface area is 116 Å². The summed E-state index contributed by atoms with van der Waals surface area (Å²) in [6.45, 7) is 9.70. The van der Waals surface area contributed by atoms with Crippen LogP contribution in [0.5, 0.6) is 0 Å². The van der Waals surface area contributed by atoms with Crippen LogP contribution in [0.2, 0.25) is 0 Å². The number of halogens is 1. The van der Waals surface area contributed by atoms with E-state index in [0.29, 0.717) is 6.04 Å². The van der Waals surface area contributed by atoms with E-state index in [1.54, 1.807) is 0 Å². The quantitative estimate of drug-likeness (QED) is 0.878. The first-order chi connectivity index (χ1) is 8.35. The number of nitrogens with one attached hydrogen (secondary N) is 2. The maximum absolute atomic E-state index is 3.54. The van der Waals surface area contributed by atoms with Crippen LogP contribution in [-0.4, -0.2) is 32.7 Å². The van der Waals surface area contributed by atoms with Crippen molar-refractivity contribution in [2.75, 3.05) is 37.6 Å². The van der Waals surface area contributed by atoms with Gasteiger partial charge in [0.2, 0.25) is 0 Å². The molecule has 1 fully saturated rings. The van der Waals surface area contributed by atoms with Crippen LogP contribution >= 0.6 is 12.4 Å². The molecule has 0 radical (unpaired) electrons. The average molecular weight is 270 g/mol. The Morgan fingerprint density at radius 2 is 1.78 bits per heavy atom. The number of benzene rings is 1. The molecule has 4 heteroatoms. The van der Waals surface area contributed by atoms with E-state index in [2.05, 4.69) is 53.6 Å². The van der Waals surface area contributed by atoms with E-state index in [0.717, 1.165) is 32.7 Å². The van der Waals surface area contributed by atoms with Crippen molar-refractivity contribution >= 4 is 18.1 Å². The SMILES string of the molecule is CCN(CC)c1ccc([C@H]2CNCCN2)cc1.Cl. The smallest absolute Gasteiger partial charge is 0.0447 e. The van der Waals surface area contributed by atoms with E-state index >= 15 is 0 Å². The first-order valence-electron chi connectivity index (χ1n) is 6.64. The largest absolute Gasteiger partial charge is 0.372 e. The van der Waals surface area contributed by atoms with Crippen molar-refractivity contribution in [2.45, 2.75) is 19.9 Å². The Morgan fingerprint density at radius 1 is 1.11 bits per heavy atom. The van der Waals surface area contributed by atoms with Gasteiger partial charge in [-0.1, -0.05) is 12.1 Å². The molecular weight excluding hydrogens is 246 g/mol. The van der Waals surface area contributed by atoms with Crippen LogP contribution in [0.25, 0.3) is 0 Å². The second kappa shape index (κ2) is 7.62. The van der Waals surface area contributed by atoms with Crippen molar-refractivity contribution in [2.24, 2.45) is 0 Å². The topological polar surface area (TPSA) is 27.3 Å². The van der Waals surface area contributed by atoms with Crippen molar-refractivity contribution in [1.82, 2.24) is 10.6 Å². The number of anilines is 1. The lowest BCUT2D eigenvalue weighted by Gasteiger charge is -2.26. The third-order valence-corrected chi connectivity index (χ3v) is 3.47. The predicted octanol–water partition coefficient (Wildman–Crippen LogP) is 2.19. The maximum atomic E-state index is 3.54. The van der Waals surface area contributed by atoms with Crippen molar-refractivity contribution in [3.8, 4) is 0 Å². The van der Waals surface area contributed by atoms with Gasteiger partial charge >= 0.3 is 0 Å². The number of hydrogen-bond donors (Lipinski definition) is 2. The molecular formula is C14H24ClN3. The Balaban J connectivity index is 0.00000162. The van der Waals surface area contributed by atoms with Gasteiger partial charge in [0, 0.05) is 44.5 Å². The third kappa shape index (κ3) is 3.61. The molecule has 0 amide bonds. The van der Waals surface area contributed by atoms with Gasteiger partial charge in [0.25, 0.3) is 0 Å². The van der Waals surface area contributed by atoms with Crippen molar-refractivity contribution in [1.29, 1.82) is 0 Å². The highest BCUT2D eigenvalue weighted by atomic mass is 35.5. The average Bonchev–Trinajstić information content (AvgIpc) is 2.42. The van der Waals surface area contributed by atoms with E-state index in [1.807, 2.05) is 0 Å². The van der Waals surface area contributed by atoms with Gasteiger partial charge in [0.1, 0.15) is 0 Å². The summed E-state index contributed by atoms with van der Waals surface area (Å²) in [7, 11) is 0. The highest BCUT2D eigenvalue weighted by Gasteiger charge is 2.14. The number of hydrogen-bond acceptors (Lipinski definition) is 3. The first kappa shape index (κ1) is 15.3. The zero-order valence-electron chi connectivity index (χ0n) is 11.3. The summed E-state index contributed by atoms with van der Waals surface area (Å²) in [5.41, 5.74) is 2.70. The Morgan fingerprint density at radius 3 is 2.28 bits per heavy atom. The minimum atomic E-state index is 0. The molecule has 1 aliphatic rings. The minimum Gasteiger partial charge on any atom is -0.372 e. The molecule has 1 aromatic rings. The fourth-order valence-electron chi connectivity index (χ4n) is 2.40. The number of nitrogens with zero attached hydrogens (tertiary/aromatic N) is 1. The fourth-order valence-corrected chi connectivity index (χ4v) is 2.40. The lowest BCUT2D eigenvalue weighted by molar-refractivity contribution is 0.430. The van der Waals surface area contributed by atoms with Crippen molar-refractivity contribution in [3.63, 3.8) is 0 Å². The molecule has 1 heterocycles. The zero-order valence-corrected chi connectivity index (χ0v) is 12.1. The van der Waals surface area contributed by atoms with Crippen LogP contribution in [0.4, 0.5) is 5.69 Å². The van der Waals surface area contributed by atoms with Gasteiger partial charge in [-0.15, -0.1) is 12.4 Å². The molecule has 0 unspecified atom stereocenters. The summed E-state index contributed by atoms with van der Waals surface area (Å²) < 4.78 is 0. The summed E-state index contributed by atoms with van der Waals surface area (Å²) >= 11 is 0.